The summed E-state index contributed by atoms with van der Waals surface area (Å²) in [5.41, 5.74) is 5.90. The highest BCUT2D eigenvalue weighted by Gasteiger charge is 2.22. The molecule has 0 aromatic heterocycles. The zero-order chi connectivity index (χ0) is 11.6. The molecular weight excluding hydrogens is 220 g/mol. The maximum atomic E-state index is 13.4. The molecule has 1 aromatic carbocycles. The molecule has 0 saturated carbocycles. The Balaban J connectivity index is 3.18. The molecule has 15 heavy (non-hydrogen) atoms. The van der Waals surface area contributed by atoms with Gasteiger partial charge in [-0.2, -0.15) is 0 Å². The van der Waals surface area contributed by atoms with Gasteiger partial charge in [0.2, 0.25) is 0 Å². The molecule has 4 heteroatoms. The van der Waals surface area contributed by atoms with Crippen LogP contribution in [-0.4, -0.2) is 0 Å². The van der Waals surface area contributed by atoms with E-state index in [1.165, 1.54) is 0 Å². The monoisotopic (exact) mass is 233 g/mol. The third-order valence-corrected chi connectivity index (χ3v) is 3.05. The Morgan fingerprint density at radius 1 is 1.33 bits per heavy atom. The molecule has 1 aromatic rings. The fourth-order valence-corrected chi connectivity index (χ4v) is 1.67. The molecule has 0 bridgehead atoms. The van der Waals surface area contributed by atoms with Crippen LogP contribution in [-0.2, 0) is 0 Å². The number of rotatable bonds is 3. The molecule has 1 nitrogen and oxygen atoms in total. The Bertz CT molecular complexity index is 355. The molecule has 1 rings (SSSR count). The Labute approximate surface area is 93.2 Å². The molecule has 84 valence electrons. The quantitative estimate of drug-likeness (QED) is 0.793. The van der Waals surface area contributed by atoms with E-state index in [9.17, 15) is 8.78 Å². The van der Waals surface area contributed by atoms with Crippen LogP contribution in [0, 0.1) is 17.6 Å². The maximum Gasteiger partial charge on any atom is 0.142 e. The first-order chi connectivity index (χ1) is 6.99. The third kappa shape index (κ3) is 2.47. The minimum Gasteiger partial charge on any atom is -0.324 e. The van der Waals surface area contributed by atoms with E-state index in [1.807, 2.05) is 13.8 Å². The van der Waals surface area contributed by atoms with Gasteiger partial charge in [0.05, 0.1) is 5.02 Å². The van der Waals surface area contributed by atoms with Crippen LogP contribution >= 0.6 is 11.6 Å². The smallest absolute Gasteiger partial charge is 0.142 e. The molecule has 2 N–H and O–H groups in total. The summed E-state index contributed by atoms with van der Waals surface area (Å²) in [6, 6.07) is 1.49. The van der Waals surface area contributed by atoms with Crippen LogP contribution in [0.15, 0.2) is 12.1 Å². The highest BCUT2D eigenvalue weighted by molar-refractivity contribution is 6.31. The minimum atomic E-state index is -0.633. The van der Waals surface area contributed by atoms with Crippen molar-refractivity contribution >= 4 is 11.6 Å². The SMILES string of the molecule is CCC(C)[C@H](N)c1c(F)ccc(F)c1Cl. The average Bonchev–Trinajstić information content (AvgIpc) is 2.22. The fourth-order valence-electron chi connectivity index (χ4n) is 1.39. The maximum absolute atomic E-state index is 13.4. The zero-order valence-corrected chi connectivity index (χ0v) is 9.48. The van der Waals surface area contributed by atoms with Crippen molar-refractivity contribution in [3.63, 3.8) is 0 Å². The summed E-state index contributed by atoms with van der Waals surface area (Å²) >= 11 is 5.70. The second-order valence-electron chi connectivity index (χ2n) is 3.67. The van der Waals surface area contributed by atoms with E-state index in [2.05, 4.69) is 0 Å². The van der Waals surface area contributed by atoms with Gasteiger partial charge in [-0.3, -0.25) is 0 Å². The van der Waals surface area contributed by atoms with Crippen molar-refractivity contribution in [3.05, 3.63) is 34.4 Å². The molecule has 0 fully saturated rings. The van der Waals surface area contributed by atoms with Crippen molar-refractivity contribution in [3.8, 4) is 0 Å². The van der Waals surface area contributed by atoms with E-state index in [-0.39, 0.29) is 16.5 Å². The Hall–Kier alpha value is -0.670. The van der Waals surface area contributed by atoms with E-state index >= 15 is 0 Å². The van der Waals surface area contributed by atoms with Crippen LogP contribution in [0.5, 0.6) is 0 Å². The van der Waals surface area contributed by atoms with Gasteiger partial charge < -0.3 is 5.73 Å². The molecule has 0 heterocycles. The first-order valence-electron chi connectivity index (χ1n) is 4.88. The molecule has 0 saturated heterocycles. The lowest BCUT2D eigenvalue weighted by atomic mass is 9.93. The van der Waals surface area contributed by atoms with Crippen molar-refractivity contribution in [2.75, 3.05) is 0 Å². The molecule has 1 unspecified atom stereocenters. The Kier molecular flexibility index (Phi) is 4.05. The van der Waals surface area contributed by atoms with Crippen molar-refractivity contribution in [2.45, 2.75) is 26.3 Å². The van der Waals surface area contributed by atoms with Gasteiger partial charge in [-0.05, 0) is 18.1 Å². The molecule has 2 atom stereocenters. The van der Waals surface area contributed by atoms with Crippen LogP contribution in [0.1, 0.15) is 31.9 Å². The van der Waals surface area contributed by atoms with Crippen LogP contribution in [0.3, 0.4) is 0 Å². The van der Waals surface area contributed by atoms with Crippen LogP contribution < -0.4 is 5.73 Å². The predicted octanol–water partition coefficient (Wildman–Crippen LogP) is 3.66. The summed E-state index contributed by atoms with van der Waals surface area (Å²) in [6.45, 7) is 3.82. The van der Waals surface area contributed by atoms with Gasteiger partial charge in [-0.25, -0.2) is 8.78 Å². The van der Waals surface area contributed by atoms with Crippen molar-refractivity contribution in [1.29, 1.82) is 0 Å². The molecule has 0 spiro atoms. The Morgan fingerprint density at radius 3 is 2.40 bits per heavy atom. The van der Waals surface area contributed by atoms with E-state index in [1.54, 1.807) is 0 Å². The van der Waals surface area contributed by atoms with Gasteiger partial charge in [-0.1, -0.05) is 31.9 Å². The zero-order valence-electron chi connectivity index (χ0n) is 8.73. The summed E-state index contributed by atoms with van der Waals surface area (Å²) in [4.78, 5) is 0. The highest BCUT2D eigenvalue weighted by Crippen LogP contribution is 2.31. The first kappa shape index (κ1) is 12.4. The average molecular weight is 234 g/mol. The number of hydrogen-bond donors (Lipinski definition) is 1. The predicted molar refractivity (Wildman–Crippen MR) is 57.8 cm³/mol. The minimum absolute atomic E-state index is 0.0544. The molecular formula is C11H14ClF2N. The van der Waals surface area contributed by atoms with E-state index < -0.39 is 17.7 Å². The second kappa shape index (κ2) is 4.90. The summed E-state index contributed by atoms with van der Waals surface area (Å²) < 4.78 is 26.6. The van der Waals surface area contributed by atoms with Crippen molar-refractivity contribution < 1.29 is 8.78 Å². The van der Waals surface area contributed by atoms with Gasteiger partial charge >= 0.3 is 0 Å². The lowest BCUT2D eigenvalue weighted by Crippen LogP contribution is -2.20. The third-order valence-electron chi connectivity index (χ3n) is 2.67. The van der Waals surface area contributed by atoms with Crippen LogP contribution in [0.2, 0.25) is 5.02 Å². The molecule has 0 radical (unpaired) electrons. The highest BCUT2D eigenvalue weighted by atomic mass is 35.5. The van der Waals surface area contributed by atoms with Gasteiger partial charge in [0.15, 0.2) is 0 Å². The van der Waals surface area contributed by atoms with Crippen LogP contribution in [0.4, 0.5) is 8.78 Å². The fraction of sp³-hybridized carbons (Fsp3) is 0.455. The summed E-state index contributed by atoms with van der Waals surface area (Å²) in [7, 11) is 0. The van der Waals surface area contributed by atoms with Gasteiger partial charge in [-0.15, -0.1) is 0 Å². The number of hydrogen-bond acceptors (Lipinski definition) is 1. The lowest BCUT2D eigenvalue weighted by Gasteiger charge is -2.20. The number of halogens is 3. The van der Waals surface area contributed by atoms with Gasteiger partial charge in [0.1, 0.15) is 11.6 Å². The van der Waals surface area contributed by atoms with E-state index in [0.29, 0.717) is 0 Å². The van der Waals surface area contributed by atoms with Crippen LogP contribution in [0.25, 0.3) is 0 Å². The standard InChI is InChI=1S/C11H14ClF2N/c1-3-6(2)11(15)9-7(13)4-5-8(14)10(9)12/h4-6,11H,3,15H2,1-2H3/t6?,11-/m0/s1. The van der Waals surface area contributed by atoms with Gasteiger partial charge in [0.25, 0.3) is 0 Å². The molecule has 0 amide bonds. The summed E-state index contributed by atoms with van der Waals surface area (Å²) in [6.07, 6.45) is 0.785. The lowest BCUT2D eigenvalue weighted by molar-refractivity contribution is 0.436. The summed E-state index contributed by atoms with van der Waals surface area (Å²) in [5.74, 6) is -1.13. The second-order valence-corrected chi connectivity index (χ2v) is 4.05. The normalized spacial score (nSPS) is 15.1. The first-order valence-corrected chi connectivity index (χ1v) is 5.25. The number of benzene rings is 1. The Morgan fingerprint density at radius 2 is 1.87 bits per heavy atom. The molecule has 0 aliphatic carbocycles. The summed E-state index contributed by atoms with van der Waals surface area (Å²) in [5, 5.41) is -0.206. The number of nitrogens with two attached hydrogens (primary N) is 1. The van der Waals surface area contributed by atoms with E-state index in [0.717, 1.165) is 18.6 Å². The largest absolute Gasteiger partial charge is 0.324 e. The van der Waals surface area contributed by atoms with Crippen molar-refractivity contribution in [1.82, 2.24) is 0 Å². The molecule has 0 aliphatic rings. The van der Waals surface area contributed by atoms with Gasteiger partial charge in [0, 0.05) is 11.6 Å². The molecule has 0 aliphatic heterocycles. The van der Waals surface area contributed by atoms with E-state index in [4.69, 9.17) is 17.3 Å². The van der Waals surface area contributed by atoms with Crippen molar-refractivity contribution in [2.24, 2.45) is 11.7 Å². The topological polar surface area (TPSA) is 26.0 Å².